The van der Waals surface area contributed by atoms with Gasteiger partial charge in [0.05, 0.1) is 17.9 Å². The maximum Gasteiger partial charge on any atom is 0.271 e. The van der Waals surface area contributed by atoms with Crippen molar-refractivity contribution in [3.63, 3.8) is 0 Å². The van der Waals surface area contributed by atoms with Crippen molar-refractivity contribution in [2.45, 2.75) is 26.8 Å². The summed E-state index contributed by atoms with van der Waals surface area (Å²) in [7, 11) is 1.56. The Labute approximate surface area is 158 Å². The van der Waals surface area contributed by atoms with E-state index in [0.717, 1.165) is 5.75 Å². The fraction of sp³-hybridized carbons (Fsp3) is 0.350. The molecule has 0 fully saturated rings. The van der Waals surface area contributed by atoms with Crippen LogP contribution in [0.4, 0.5) is 5.69 Å². The lowest BCUT2D eigenvalue weighted by Gasteiger charge is -2.13. The highest BCUT2D eigenvalue weighted by Gasteiger charge is 2.17. The van der Waals surface area contributed by atoms with Crippen molar-refractivity contribution in [1.82, 2.24) is 4.57 Å². The van der Waals surface area contributed by atoms with E-state index >= 15 is 0 Å². The van der Waals surface area contributed by atoms with Crippen LogP contribution in [0.3, 0.4) is 0 Å². The van der Waals surface area contributed by atoms with Crippen LogP contribution in [0.1, 0.15) is 30.0 Å². The van der Waals surface area contributed by atoms with Gasteiger partial charge in [0.1, 0.15) is 17.4 Å². The second-order valence-electron chi connectivity index (χ2n) is 5.84. The molecular weight excluding hydrogens is 346 g/mol. The molecule has 2 rings (SSSR count). The van der Waals surface area contributed by atoms with Crippen LogP contribution in [0.5, 0.6) is 11.6 Å². The number of aromatic hydroxyl groups is 1. The molecule has 0 saturated carbocycles. The van der Waals surface area contributed by atoms with Gasteiger partial charge < -0.3 is 14.6 Å². The number of pyridine rings is 1. The molecule has 0 radical (unpaired) electrons. The lowest BCUT2D eigenvalue weighted by atomic mass is 10.1. The van der Waals surface area contributed by atoms with Gasteiger partial charge in [-0.05, 0) is 50.1 Å². The van der Waals surface area contributed by atoms with E-state index in [1.807, 2.05) is 13.0 Å². The van der Waals surface area contributed by atoms with E-state index in [0.29, 0.717) is 36.4 Å². The van der Waals surface area contributed by atoms with Gasteiger partial charge in [-0.3, -0.25) is 14.4 Å². The van der Waals surface area contributed by atoms with Gasteiger partial charge in [0, 0.05) is 26.5 Å². The van der Waals surface area contributed by atoms with Crippen LogP contribution in [-0.4, -0.2) is 36.2 Å². The predicted octanol–water partition coefficient (Wildman–Crippen LogP) is 2.92. The number of aliphatic imine (C=N–C) groups is 1. The van der Waals surface area contributed by atoms with E-state index in [1.165, 1.54) is 10.8 Å². The number of hydrogen-bond acceptors (Lipinski definition) is 6. The predicted molar refractivity (Wildman–Crippen MR) is 103 cm³/mol. The van der Waals surface area contributed by atoms with Crippen molar-refractivity contribution in [1.29, 1.82) is 5.26 Å². The number of benzene rings is 1. The molecule has 1 heterocycles. The minimum absolute atomic E-state index is 0.00152. The van der Waals surface area contributed by atoms with Crippen LogP contribution in [0, 0.1) is 18.3 Å². The van der Waals surface area contributed by atoms with E-state index in [2.05, 4.69) is 4.99 Å². The number of rotatable bonds is 8. The van der Waals surface area contributed by atoms with Crippen molar-refractivity contribution in [2.24, 2.45) is 4.99 Å². The molecule has 7 nitrogen and oxygen atoms in total. The summed E-state index contributed by atoms with van der Waals surface area (Å²) in [4.78, 5) is 16.8. The van der Waals surface area contributed by atoms with Crippen molar-refractivity contribution in [3.8, 4) is 17.7 Å². The molecule has 142 valence electrons. The number of hydrogen-bond donors (Lipinski definition) is 1. The molecule has 0 aliphatic carbocycles. The number of nitrogens with zero attached hydrogens (tertiary/aromatic N) is 3. The maximum atomic E-state index is 12.4. The Bertz CT molecular complexity index is 909. The Morgan fingerprint density at radius 1 is 1.33 bits per heavy atom. The molecule has 0 aliphatic rings. The molecule has 0 aliphatic heterocycles. The number of nitriles is 1. The number of methoxy groups -OCH3 is 1. The van der Waals surface area contributed by atoms with Gasteiger partial charge in [0.25, 0.3) is 5.56 Å². The Balaban J connectivity index is 2.41. The molecule has 1 N–H and O–H groups in total. The van der Waals surface area contributed by atoms with Crippen molar-refractivity contribution in [2.75, 3.05) is 20.3 Å². The van der Waals surface area contributed by atoms with Crippen molar-refractivity contribution < 1.29 is 14.6 Å². The molecule has 0 spiro atoms. The van der Waals surface area contributed by atoms with Gasteiger partial charge in [-0.1, -0.05) is 0 Å². The summed E-state index contributed by atoms with van der Waals surface area (Å²) >= 11 is 0. The van der Waals surface area contributed by atoms with Gasteiger partial charge in [-0.25, -0.2) is 0 Å². The number of aromatic nitrogens is 1. The van der Waals surface area contributed by atoms with Crippen molar-refractivity contribution in [3.05, 3.63) is 51.3 Å². The Morgan fingerprint density at radius 3 is 2.63 bits per heavy atom. The van der Waals surface area contributed by atoms with E-state index in [-0.39, 0.29) is 18.0 Å². The van der Waals surface area contributed by atoms with Crippen LogP contribution in [-0.2, 0) is 11.3 Å². The third-order valence-electron chi connectivity index (χ3n) is 4.07. The minimum Gasteiger partial charge on any atom is -0.494 e. The molecule has 0 bridgehead atoms. The average molecular weight is 369 g/mol. The third-order valence-corrected chi connectivity index (χ3v) is 4.07. The van der Waals surface area contributed by atoms with Crippen LogP contribution >= 0.6 is 0 Å². The molecular formula is C20H23N3O4. The van der Waals surface area contributed by atoms with Gasteiger partial charge in [0.15, 0.2) is 0 Å². The van der Waals surface area contributed by atoms with Crippen LogP contribution < -0.4 is 10.3 Å². The van der Waals surface area contributed by atoms with Gasteiger partial charge in [-0.15, -0.1) is 0 Å². The molecule has 7 heteroatoms. The van der Waals surface area contributed by atoms with Crippen LogP contribution in [0.2, 0.25) is 0 Å². The zero-order valence-electron chi connectivity index (χ0n) is 15.7. The summed E-state index contributed by atoms with van der Waals surface area (Å²) in [5.74, 6) is 0.538. The molecule has 0 atom stereocenters. The summed E-state index contributed by atoms with van der Waals surface area (Å²) in [5, 5.41) is 19.9. The normalized spacial score (nSPS) is 10.9. The number of ether oxygens (including phenoxy) is 2. The Hall–Kier alpha value is -3.11. The molecule has 0 unspecified atom stereocenters. The summed E-state index contributed by atoms with van der Waals surface area (Å²) in [6, 6.07) is 9.10. The average Bonchev–Trinajstić information content (AvgIpc) is 2.66. The molecule has 1 aromatic carbocycles. The highest BCUT2D eigenvalue weighted by molar-refractivity contribution is 5.87. The zero-order valence-corrected chi connectivity index (χ0v) is 15.7. The lowest BCUT2D eigenvalue weighted by molar-refractivity contribution is 0.188. The zero-order chi connectivity index (χ0) is 19.8. The highest BCUT2D eigenvalue weighted by atomic mass is 16.5. The topological polar surface area (TPSA) is 96.8 Å². The maximum absolute atomic E-state index is 12.4. The summed E-state index contributed by atoms with van der Waals surface area (Å²) < 4.78 is 11.6. The molecule has 0 amide bonds. The second-order valence-corrected chi connectivity index (χ2v) is 5.84. The quantitative estimate of drug-likeness (QED) is 0.570. The smallest absolute Gasteiger partial charge is 0.271 e. The lowest BCUT2D eigenvalue weighted by Crippen LogP contribution is -2.26. The fourth-order valence-electron chi connectivity index (χ4n) is 2.63. The minimum atomic E-state index is -0.512. The molecule has 1 aromatic heterocycles. The van der Waals surface area contributed by atoms with Crippen LogP contribution in [0.15, 0.2) is 34.1 Å². The first kappa shape index (κ1) is 20.2. The fourth-order valence-corrected chi connectivity index (χ4v) is 2.63. The second kappa shape index (κ2) is 9.55. The first-order valence-electron chi connectivity index (χ1n) is 8.65. The molecule has 0 saturated heterocycles. The first-order chi connectivity index (χ1) is 13.0. The molecule has 27 heavy (non-hydrogen) atoms. The Kier molecular flexibility index (Phi) is 7.15. The van der Waals surface area contributed by atoms with Gasteiger partial charge in [0.2, 0.25) is 5.88 Å². The van der Waals surface area contributed by atoms with Crippen molar-refractivity contribution >= 4 is 11.9 Å². The summed E-state index contributed by atoms with van der Waals surface area (Å²) in [6.07, 6.45) is 2.00. The summed E-state index contributed by atoms with van der Waals surface area (Å²) in [5.41, 5.74) is 0.892. The van der Waals surface area contributed by atoms with E-state index in [1.54, 1.807) is 38.3 Å². The third kappa shape index (κ3) is 4.74. The van der Waals surface area contributed by atoms with E-state index in [9.17, 15) is 15.2 Å². The van der Waals surface area contributed by atoms with E-state index in [4.69, 9.17) is 9.47 Å². The monoisotopic (exact) mass is 369 g/mol. The first-order valence-corrected chi connectivity index (χ1v) is 8.65. The van der Waals surface area contributed by atoms with Gasteiger partial charge in [-0.2, -0.15) is 5.26 Å². The van der Waals surface area contributed by atoms with Gasteiger partial charge >= 0.3 is 0 Å². The molecule has 2 aromatic rings. The Morgan fingerprint density at radius 2 is 2.04 bits per heavy atom. The standard InChI is InChI=1S/C20H23N3O4/c1-4-27-16-8-6-15(7-9-16)22-13-18-14(2)17(12-21)19(24)23(20(18)25)10-5-11-26-3/h6-9,13,25H,4-5,10-11H2,1-3H3. The van der Waals surface area contributed by atoms with E-state index < -0.39 is 5.56 Å². The SMILES string of the molecule is CCOc1ccc(N=Cc2c(C)c(C#N)c(=O)n(CCCOC)c2O)cc1. The summed E-state index contributed by atoms with van der Waals surface area (Å²) in [6.45, 7) is 4.80. The highest BCUT2D eigenvalue weighted by Crippen LogP contribution is 2.22. The van der Waals surface area contributed by atoms with Crippen LogP contribution in [0.25, 0.3) is 0 Å². The largest absolute Gasteiger partial charge is 0.494 e.